The Hall–Kier alpha value is -1.95. The second-order valence-corrected chi connectivity index (χ2v) is 6.67. The van der Waals surface area contributed by atoms with Crippen molar-refractivity contribution < 1.29 is 4.42 Å². The van der Waals surface area contributed by atoms with Crippen molar-refractivity contribution in [1.29, 1.82) is 0 Å². The fourth-order valence-corrected chi connectivity index (χ4v) is 3.37. The largest absolute Gasteiger partial charge is 0.448 e. The van der Waals surface area contributed by atoms with Gasteiger partial charge < -0.3 is 4.42 Å². The molecule has 0 radical (unpaired) electrons. The standard InChI is InChI=1S/C17H22N4O2/c1-12-16(18-11-23-12)10-20-8-2-3-14(20)9-21-17(22)7-6-15(19-21)13-4-5-13/h6-7,11,13-14H,2-5,8-10H2,1H3. The monoisotopic (exact) mass is 314 g/mol. The van der Waals surface area contributed by atoms with Crippen molar-refractivity contribution in [2.24, 2.45) is 0 Å². The summed E-state index contributed by atoms with van der Waals surface area (Å²) >= 11 is 0. The van der Waals surface area contributed by atoms with Crippen LogP contribution in [-0.2, 0) is 13.1 Å². The first kappa shape index (κ1) is 14.6. The summed E-state index contributed by atoms with van der Waals surface area (Å²) in [6.07, 6.45) is 6.15. The Bertz CT molecular complexity index is 747. The quantitative estimate of drug-likeness (QED) is 0.845. The Labute approximate surface area is 135 Å². The van der Waals surface area contributed by atoms with Crippen LogP contribution in [0, 0.1) is 6.92 Å². The highest BCUT2D eigenvalue weighted by Gasteiger charge is 2.28. The Kier molecular flexibility index (Phi) is 3.77. The summed E-state index contributed by atoms with van der Waals surface area (Å²) in [6.45, 7) is 4.42. The molecular weight excluding hydrogens is 292 g/mol. The number of nitrogens with zero attached hydrogens (tertiary/aromatic N) is 4. The van der Waals surface area contributed by atoms with Gasteiger partial charge in [0.25, 0.3) is 5.56 Å². The van der Waals surface area contributed by atoms with Crippen molar-refractivity contribution in [3.8, 4) is 0 Å². The van der Waals surface area contributed by atoms with Crippen LogP contribution in [0.1, 0.15) is 48.7 Å². The lowest BCUT2D eigenvalue weighted by Gasteiger charge is -2.24. The average molecular weight is 314 g/mol. The molecule has 1 atom stereocenters. The van der Waals surface area contributed by atoms with E-state index in [1.165, 1.54) is 19.2 Å². The molecule has 2 aliphatic rings. The van der Waals surface area contributed by atoms with Gasteiger partial charge in [-0.15, -0.1) is 0 Å². The number of oxazole rings is 1. The molecule has 6 nitrogen and oxygen atoms in total. The summed E-state index contributed by atoms with van der Waals surface area (Å²) in [6, 6.07) is 3.90. The molecule has 0 aromatic carbocycles. The summed E-state index contributed by atoms with van der Waals surface area (Å²) in [5.41, 5.74) is 2.06. The smallest absolute Gasteiger partial charge is 0.266 e. The van der Waals surface area contributed by atoms with Gasteiger partial charge in [-0.1, -0.05) is 0 Å². The minimum atomic E-state index is -0.00105. The molecule has 3 heterocycles. The van der Waals surface area contributed by atoms with Gasteiger partial charge in [0, 0.05) is 24.6 Å². The molecular formula is C17H22N4O2. The molecule has 1 saturated carbocycles. The van der Waals surface area contributed by atoms with Gasteiger partial charge in [-0.05, 0) is 45.2 Å². The van der Waals surface area contributed by atoms with E-state index in [9.17, 15) is 4.79 Å². The molecule has 1 unspecified atom stereocenters. The highest BCUT2D eigenvalue weighted by atomic mass is 16.3. The molecule has 1 aliphatic carbocycles. The molecule has 4 rings (SSSR count). The number of rotatable bonds is 5. The SMILES string of the molecule is Cc1ocnc1CN1CCCC1Cn1nc(C2CC2)ccc1=O. The Morgan fingerprint density at radius 1 is 1.30 bits per heavy atom. The Balaban J connectivity index is 1.50. The lowest BCUT2D eigenvalue weighted by atomic mass is 10.2. The van der Waals surface area contributed by atoms with Gasteiger partial charge >= 0.3 is 0 Å². The highest BCUT2D eigenvalue weighted by molar-refractivity contribution is 5.12. The summed E-state index contributed by atoms with van der Waals surface area (Å²) in [5.74, 6) is 1.45. The van der Waals surface area contributed by atoms with Gasteiger partial charge in [0.05, 0.1) is 17.9 Å². The van der Waals surface area contributed by atoms with Crippen molar-refractivity contribution in [3.05, 3.63) is 46.0 Å². The third-order valence-corrected chi connectivity index (χ3v) is 4.96. The molecule has 1 aliphatic heterocycles. The molecule has 23 heavy (non-hydrogen) atoms. The highest BCUT2D eigenvalue weighted by Crippen LogP contribution is 2.38. The molecule has 6 heteroatoms. The molecule has 1 saturated heterocycles. The Morgan fingerprint density at radius 3 is 2.91 bits per heavy atom. The molecule has 0 N–H and O–H groups in total. The minimum Gasteiger partial charge on any atom is -0.448 e. The van der Waals surface area contributed by atoms with Crippen LogP contribution in [0.15, 0.2) is 27.7 Å². The lowest BCUT2D eigenvalue weighted by Crippen LogP contribution is -2.37. The van der Waals surface area contributed by atoms with E-state index < -0.39 is 0 Å². The van der Waals surface area contributed by atoms with E-state index in [0.29, 0.717) is 18.5 Å². The van der Waals surface area contributed by atoms with E-state index in [-0.39, 0.29) is 5.56 Å². The maximum absolute atomic E-state index is 12.1. The van der Waals surface area contributed by atoms with Crippen LogP contribution in [0.25, 0.3) is 0 Å². The zero-order valence-electron chi connectivity index (χ0n) is 13.4. The van der Waals surface area contributed by atoms with E-state index in [1.54, 1.807) is 10.7 Å². The third-order valence-electron chi connectivity index (χ3n) is 4.96. The molecule has 2 aromatic heterocycles. The first-order valence-corrected chi connectivity index (χ1v) is 8.42. The van der Waals surface area contributed by atoms with E-state index in [0.717, 1.165) is 43.1 Å². The second-order valence-electron chi connectivity index (χ2n) is 6.67. The van der Waals surface area contributed by atoms with Gasteiger partial charge in [-0.3, -0.25) is 9.69 Å². The fourth-order valence-electron chi connectivity index (χ4n) is 3.37. The molecule has 2 fully saturated rings. The number of aryl methyl sites for hydroxylation is 1. The molecule has 0 bridgehead atoms. The van der Waals surface area contributed by atoms with Gasteiger partial charge in [-0.2, -0.15) is 5.10 Å². The normalized spacial score (nSPS) is 21.9. The van der Waals surface area contributed by atoms with Crippen LogP contribution in [-0.4, -0.2) is 32.3 Å². The van der Waals surface area contributed by atoms with Gasteiger partial charge in [0.1, 0.15) is 5.76 Å². The van der Waals surface area contributed by atoms with Crippen LogP contribution >= 0.6 is 0 Å². The van der Waals surface area contributed by atoms with Crippen LogP contribution < -0.4 is 5.56 Å². The van der Waals surface area contributed by atoms with Crippen LogP contribution in [0.2, 0.25) is 0 Å². The first-order chi connectivity index (χ1) is 11.2. The van der Waals surface area contributed by atoms with Crippen molar-refractivity contribution in [2.45, 2.75) is 57.7 Å². The number of likely N-dealkylation sites (tertiary alicyclic amines) is 1. The van der Waals surface area contributed by atoms with Crippen LogP contribution in [0.3, 0.4) is 0 Å². The average Bonchev–Trinajstić information content (AvgIpc) is 3.19. The summed E-state index contributed by atoms with van der Waals surface area (Å²) in [4.78, 5) is 18.8. The van der Waals surface area contributed by atoms with E-state index in [1.807, 2.05) is 13.0 Å². The Morgan fingerprint density at radius 2 is 2.17 bits per heavy atom. The van der Waals surface area contributed by atoms with Crippen molar-refractivity contribution in [1.82, 2.24) is 19.7 Å². The van der Waals surface area contributed by atoms with Crippen molar-refractivity contribution in [2.75, 3.05) is 6.54 Å². The van der Waals surface area contributed by atoms with Crippen molar-refractivity contribution >= 4 is 0 Å². The third kappa shape index (κ3) is 3.08. The summed E-state index contributed by atoms with van der Waals surface area (Å²) in [5, 5.41) is 4.59. The number of aromatic nitrogens is 3. The van der Waals surface area contributed by atoms with E-state index in [2.05, 4.69) is 15.0 Å². The van der Waals surface area contributed by atoms with Gasteiger partial charge in [0.15, 0.2) is 6.39 Å². The van der Waals surface area contributed by atoms with E-state index >= 15 is 0 Å². The van der Waals surface area contributed by atoms with Gasteiger partial charge in [-0.25, -0.2) is 9.67 Å². The lowest BCUT2D eigenvalue weighted by molar-refractivity contribution is 0.213. The van der Waals surface area contributed by atoms with Crippen LogP contribution in [0.4, 0.5) is 0 Å². The first-order valence-electron chi connectivity index (χ1n) is 8.42. The van der Waals surface area contributed by atoms with E-state index in [4.69, 9.17) is 4.42 Å². The second kappa shape index (κ2) is 5.92. The summed E-state index contributed by atoms with van der Waals surface area (Å²) in [7, 11) is 0. The van der Waals surface area contributed by atoms with Crippen LogP contribution in [0.5, 0.6) is 0 Å². The zero-order chi connectivity index (χ0) is 15.8. The number of hydrogen-bond donors (Lipinski definition) is 0. The predicted octanol–water partition coefficient (Wildman–Crippen LogP) is 2.08. The maximum Gasteiger partial charge on any atom is 0.266 e. The maximum atomic E-state index is 12.1. The zero-order valence-corrected chi connectivity index (χ0v) is 13.4. The number of hydrogen-bond acceptors (Lipinski definition) is 5. The minimum absolute atomic E-state index is 0.00105. The molecule has 122 valence electrons. The topological polar surface area (TPSA) is 64.2 Å². The van der Waals surface area contributed by atoms with Crippen molar-refractivity contribution in [3.63, 3.8) is 0 Å². The van der Waals surface area contributed by atoms with Gasteiger partial charge in [0.2, 0.25) is 0 Å². The fraction of sp³-hybridized carbons (Fsp3) is 0.588. The molecule has 0 amide bonds. The predicted molar refractivity (Wildman–Crippen MR) is 85.1 cm³/mol. The summed E-state index contributed by atoms with van der Waals surface area (Å²) < 4.78 is 6.95. The molecule has 2 aromatic rings. The molecule has 0 spiro atoms.